The molecule has 2 aromatic carbocycles. The molecule has 0 radical (unpaired) electrons. The Morgan fingerprint density at radius 1 is 1.08 bits per heavy atom. The van der Waals surface area contributed by atoms with Gasteiger partial charge in [0.1, 0.15) is 5.82 Å². The third kappa shape index (κ3) is 7.84. The number of carboxylic acid groups (broad SMARTS) is 1. The minimum absolute atomic E-state index is 0. The van der Waals surface area contributed by atoms with Gasteiger partial charge < -0.3 is 20.6 Å². The number of amides is 1. The third-order valence-electron chi connectivity index (χ3n) is 5.25. The average Bonchev–Trinajstić information content (AvgIpc) is 3.18. The number of nitrogens with zero attached hydrogens (tertiary/aromatic N) is 2. The number of benzene rings is 2. The van der Waals surface area contributed by atoms with Crippen LogP contribution in [0.3, 0.4) is 0 Å². The number of carbonyl (C=O) groups is 2. The molecule has 4 N–H and O–H groups in total. The Labute approximate surface area is 230 Å². The number of carbonyl (C=O) groups excluding carboxylic acids is 1. The van der Waals surface area contributed by atoms with E-state index in [-0.39, 0.29) is 47.6 Å². The van der Waals surface area contributed by atoms with Gasteiger partial charge in [0.2, 0.25) is 0 Å². The topological polar surface area (TPSA) is 125 Å². The predicted octanol–water partition coefficient (Wildman–Crippen LogP) is 3.34. The zero-order valence-corrected chi connectivity index (χ0v) is 19.4. The molecule has 0 saturated carbocycles. The van der Waals surface area contributed by atoms with Crippen LogP contribution in [-0.2, 0) is 4.79 Å². The van der Waals surface area contributed by atoms with Gasteiger partial charge in [0.25, 0.3) is 5.91 Å². The molecular weight excluding hydrogens is 476 g/mol. The quantitative estimate of drug-likeness (QED) is 0.313. The third-order valence-corrected chi connectivity index (χ3v) is 5.25. The number of aliphatic hydroxyl groups is 2. The molecule has 1 aromatic heterocycles. The zero-order valence-electron chi connectivity index (χ0n) is 19.4. The van der Waals surface area contributed by atoms with Crippen molar-refractivity contribution in [2.24, 2.45) is 0 Å². The molecule has 0 fully saturated rings. The Morgan fingerprint density at radius 3 is 2.31 bits per heavy atom. The van der Waals surface area contributed by atoms with E-state index in [9.17, 15) is 24.2 Å². The van der Waals surface area contributed by atoms with Crippen molar-refractivity contribution in [1.29, 1.82) is 0 Å². The molecule has 1 heterocycles. The monoisotopic (exact) mass is 505 g/mol. The molecule has 2 atom stereocenters. The maximum atomic E-state index is 13.5. The van der Waals surface area contributed by atoms with E-state index in [2.05, 4.69) is 10.4 Å². The molecule has 3 rings (SSSR count). The molecule has 0 aliphatic rings. The predicted molar refractivity (Wildman–Crippen MR) is 137 cm³/mol. The molecule has 10 heteroatoms. The van der Waals surface area contributed by atoms with E-state index >= 15 is 0 Å². The van der Waals surface area contributed by atoms with Crippen LogP contribution >= 0.6 is 0 Å². The summed E-state index contributed by atoms with van der Waals surface area (Å²) in [5.41, 5.74) is 2.39. The number of halogens is 1. The summed E-state index contributed by atoms with van der Waals surface area (Å²) in [5, 5.41) is 36.3. The van der Waals surface area contributed by atoms with Crippen molar-refractivity contribution in [1.82, 2.24) is 9.78 Å². The van der Waals surface area contributed by atoms with Crippen LogP contribution in [0.15, 0.2) is 60.7 Å². The Kier molecular flexibility index (Phi) is 11.0. The molecule has 0 aliphatic carbocycles. The van der Waals surface area contributed by atoms with Crippen LogP contribution in [-0.4, -0.2) is 78.7 Å². The Morgan fingerprint density at radius 2 is 1.72 bits per heavy atom. The van der Waals surface area contributed by atoms with Crippen molar-refractivity contribution in [3.8, 4) is 5.69 Å². The van der Waals surface area contributed by atoms with Gasteiger partial charge in [0.15, 0.2) is 5.69 Å². The summed E-state index contributed by atoms with van der Waals surface area (Å²) < 4.78 is 15.0. The van der Waals surface area contributed by atoms with Gasteiger partial charge in [-0.15, -0.1) is 0 Å². The number of anilines is 1. The summed E-state index contributed by atoms with van der Waals surface area (Å²) in [7, 11) is 0. The first-order chi connectivity index (χ1) is 16.7. The molecule has 8 nitrogen and oxygen atoms in total. The standard InChI is InChI=1S/C26H28FN3O5.Na.H/c1-16(2)24-22(13-12-20(31)14-21(32)15-23(33)34)30(19-10-8-17(27)9-11-19)29-25(24)26(35)28-18-6-4-3-5-7-18;;/h3-13,16,20-21,31-32H,14-15H2,1-2H3,(H,28,35)(H,33,34);;/t20-,21+;;/m0../s1. The number of hydrogen-bond acceptors (Lipinski definition) is 5. The van der Waals surface area contributed by atoms with Crippen LogP contribution in [0, 0.1) is 5.82 Å². The molecule has 0 spiro atoms. The number of nitrogens with one attached hydrogen (secondary N) is 1. The molecule has 0 saturated heterocycles. The van der Waals surface area contributed by atoms with Gasteiger partial charge in [0.05, 0.1) is 30.0 Å². The molecule has 186 valence electrons. The van der Waals surface area contributed by atoms with Crippen molar-refractivity contribution in [2.75, 3.05) is 5.32 Å². The summed E-state index contributed by atoms with van der Waals surface area (Å²) in [6.07, 6.45) is -0.0325. The number of aromatic nitrogens is 2. The zero-order chi connectivity index (χ0) is 25.5. The number of para-hydroxylation sites is 1. The fourth-order valence-corrected chi connectivity index (χ4v) is 3.68. The summed E-state index contributed by atoms with van der Waals surface area (Å²) in [6, 6.07) is 14.5. The van der Waals surface area contributed by atoms with Gasteiger partial charge in [-0.1, -0.05) is 38.1 Å². The first-order valence-electron chi connectivity index (χ1n) is 11.2. The van der Waals surface area contributed by atoms with Gasteiger partial charge in [-0.05, 0) is 48.4 Å². The van der Waals surface area contributed by atoms with Crippen LogP contribution in [0.25, 0.3) is 11.8 Å². The van der Waals surface area contributed by atoms with E-state index in [0.29, 0.717) is 22.6 Å². The second kappa shape index (κ2) is 13.5. The van der Waals surface area contributed by atoms with Crippen molar-refractivity contribution < 1.29 is 29.3 Å². The van der Waals surface area contributed by atoms with Gasteiger partial charge in [0, 0.05) is 17.7 Å². The van der Waals surface area contributed by atoms with E-state index in [1.807, 2.05) is 19.9 Å². The maximum absolute atomic E-state index is 13.5. The molecule has 0 aliphatic heterocycles. The van der Waals surface area contributed by atoms with E-state index < -0.39 is 36.3 Å². The molecule has 0 unspecified atom stereocenters. The van der Waals surface area contributed by atoms with Gasteiger partial charge in [-0.25, -0.2) is 9.07 Å². The Balaban J connectivity index is 0.00000456. The molecule has 1 amide bonds. The van der Waals surface area contributed by atoms with E-state index in [1.54, 1.807) is 30.3 Å². The van der Waals surface area contributed by atoms with Crippen molar-refractivity contribution in [3.63, 3.8) is 0 Å². The number of carboxylic acids is 1. The summed E-state index contributed by atoms with van der Waals surface area (Å²) in [4.78, 5) is 23.9. The van der Waals surface area contributed by atoms with Crippen molar-refractivity contribution in [2.45, 2.75) is 44.8 Å². The second-order valence-corrected chi connectivity index (χ2v) is 8.42. The van der Waals surface area contributed by atoms with Crippen molar-refractivity contribution >= 4 is 53.2 Å². The van der Waals surface area contributed by atoms with Gasteiger partial charge in [-0.2, -0.15) is 5.10 Å². The Bertz CT molecular complexity index is 1200. The number of aliphatic carboxylic acids is 1. The fraction of sp³-hybridized carbons (Fsp3) is 0.269. The molecular formula is C26H29FN3NaO5. The first kappa shape index (κ1) is 29.4. The van der Waals surface area contributed by atoms with Crippen LogP contribution in [0.2, 0.25) is 0 Å². The molecule has 0 bridgehead atoms. The van der Waals surface area contributed by atoms with Crippen LogP contribution in [0.5, 0.6) is 0 Å². The van der Waals surface area contributed by atoms with Crippen LogP contribution < -0.4 is 5.32 Å². The summed E-state index contributed by atoms with van der Waals surface area (Å²) in [5.74, 6) is -2.16. The van der Waals surface area contributed by atoms with Crippen molar-refractivity contribution in [3.05, 3.63) is 83.4 Å². The SMILES string of the molecule is CC(C)c1c(C(=O)Nc2ccccc2)nn(-c2ccc(F)cc2)c1C=C[C@H](O)C[C@@H](O)CC(=O)O.[NaH]. The normalized spacial score (nSPS) is 12.8. The Hall–Kier alpha value is -2.82. The number of hydrogen-bond donors (Lipinski definition) is 4. The second-order valence-electron chi connectivity index (χ2n) is 8.42. The fourth-order valence-electron chi connectivity index (χ4n) is 3.68. The number of rotatable bonds is 10. The first-order valence-corrected chi connectivity index (χ1v) is 11.2. The molecule has 36 heavy (non-hydrogen) atoms. The minimum atomic E-state index is -1.22. The van der Waals surface area contributed by atoms with Gasteiger partial charge in [-0.3, -0.25) is 9.59 Å². The number of aliphatic hydroxyl groups excluding tert-OH is 2. The van der Waals surface area contributed by atoms with E-state index in [1.165, 1.54) is 35.0 Å². The van der Waals surface area contributed by atoms with Crippen LogP contribution in [0.4, 0.5) is 10.1 Å². The van der Waals surface area contributed by atoms with E-state index in [4.69, 9.17) is 5.11 Å². The summed E-state index contributed by atoms with van der Waals surface area (Å²) >= 11 is 0. The summed E-state index contributed by atoms with van der Waals surface area (Å²) in [6.45, 7) is 3.80. The molecule has 3 aromatic rings. The average molecular weight is 506 g/mol. The van der Waals surface area contributed by atoms with Gasteiger partial charge >= 0.3 is 35.5 Å². The van der Waals surface area contributed by atoms with Crippen LogP contribution in [0.1, 0.15) is 54.4 Å². The van der Waals surface area contributed by atoms with E-state index in [0.717, 1.165) is 0 Å².